The maximum absolute atomic E-state index is 12.9. The average molecular weight is 325 g/mol. The lowest BCUT2D eigenvalue weighted by Gasteiger charge is -2.36. The Morgan fingerprint density at radius 1 is 1.22 bits per heavy atom. The summed E-state index contributed by atoms with van der Waals surface area (Å²) in [6, 6.07) is 3.10. The van der Waals surface area contributed by atoms with Crippen molar-refractivity contribution in [2.45, 2.75) is 50.4 Å². The fourth-order valence-corrected chi connectivity index (χ4v) is 4.38. The molecule has 23 heavy (non-hydrogen) atoms. The summed E-state index contributed by atoms with van der Waals surface area (Å²) in [5.41, 5.74) is -1.14. The van der Waals surface area contributed by atoms with E-state index in [2.05, 4.69) is 10.3 Å². The molecule has 124 valence electrons. The maximum Gasteiger partial charge on any atom is 0.417 e. The van der Waals surface area contributed by atoms with Crippen LogP contribution in [0.15, 0.2) is 18.3 Å². The molecule has 4 heterocycles. The highest BCUT2D eigenvalue weighted by Gasteiger charge is 2.53. The molecule has 3 saturated heterocycles. The molecule has 1 N–H and O–H groups in total. The van der Waals surface area contributed by atoms with Gasteiger partial charge in [0.05, 0.1) is 11.0 Å². The van der Waals surface area contributed by atoms with Crippen LogP contribution in [-0.2, 0) is 11.0 Å². The first-order chi connectivity index (χ1) is 10.9. The van der Waals surface area contributed by atoms with E-state index in [0.29, 0.717) is 24.4 Å². The van der Waals surface area contributed by atoms with Gasteiger partial charge in [0.15, 0.2) is 0 Å². The van der Waals surface area contributed by atoms with Gasteiger partial charge in [0.25, 0.3) is 0 Å². The Labute approximate surface area is 132 Å². The van der Waals surface area contributed by atoms with Gasteiger partial charge < -0.3 is 5.32 Å². The highest BCUT2D eigenvalue weighted by atomic mass is 19.4. The lowest BCUT2D eigenvalue weighted by Crippen LogP contribution is -2.48. The van der Waals surface area contributed by atoms with Gasteiger partial charge in [0.2, 0.25) is 5.91 Å². The Morgan fingerprint density at radius 3 is 2.48 bits per heavy atom. The molecule has 2 bridgehead atoms. The van der Waals surface area contributed by atoms with Crippen molar-refractivity contribution in [1.82, 2.24) is 10.3 Å². The minimum atomic E-state index is -4.41. The number of nitrogens with zero attached hydrogens (tertiary/aromatic N) is 2. The molecule has 2 unspecified atom stereocenters. The zero-order valence-electron chi connectivity index (χ0n) is 12.6. The minimum Gasteiger partial charge on any atom is -0.311 e. The van der Waals surface area contributed by atoms with Crippen LogP contribution in [0.1, 0.15) is 37.7 Å². The molecule has 7 heteroatoms. The Morgan fingerprint density at radius 2 is 1.91 bits per heavy atom. The van der Waals surface area contributed by atoms with Crippen molar-refractivity contribution in [2.75, 3.05) is 11.4 Å². The number of rotatable bonds is 1. The van der Waals surface area contributed by atoms with Gasteiger partial charge in [-0.2, -0.15) is 13.2 Å². The summed E-state index contributed by atoms with van der Waals surface area (Å²) < 4.78 is 37.9. The number of fused-ring (bicyclic) bond motifs is 2. The highest BCUT2D eigenvalue weighted by Crippen LogP contribution is 2.48. The molecule has 1 aromatic heterocycles. The maximum atomic E-state index is 12.9. The van der Waals surface area contributed by atoms with Gasteiger partial charge >= 0.3 is 6.18 Å². The number of amides is 1. The van der Waals surface area contributed by atoms with Crippen molar-refractivity contribution in [3.05, 3.63) is 23.9 Å². The van der Waals surface area contributed by atoms with Crippen LogP contribution in [0.3, 0.4) is 0 Å². The average Bonchev–Trinajstić information content (AvgIpc) is 3.00. The number of nitrogens with one attached hydrogen (secondary N) is 1. The molecular formula is C16H18F3N3O. The number of piperidine rings is 1. The third-order valence-electron chi connectivity index (χ3n) is 5.47. The molecule has 3 fully saturated rings. The summed E-state index contributed by atoms with van der Waals surface area (Å²) in [6.45, 7) is 0.538. The van der Waals surface area contributed by atoms with E-state index >= 15 is 0 Å². The zero-order valence-corrected chi connectivity index (χ0v) is 12.6. The third kappa shape index (κ3) is 2.41. The highest BCUT2D eigenvalue weighted by molar-refractivity contribution is 5.99. The second-order valence-electron chi connectivity index (χ2n) is 6.94. The Kier molecular flexibility index (Phi) is 3.20. The fourth-order valence-electron chi connectivity index (χ4n) is 4.38. The topological polar surface area (TPSA) is 45.2 Å². The van der Waals surface area contributed by atoms with Crippen molar-refractivity contribution in [2.24, 2.45) is 5.41 Å². The van der Waals surface area contributed by atoms with E-state index in [1.165, 1.54) is 6.07 Å². The second kappa shape index (κ2) is 4.93. The molecule has 0 aliphatic carbocycles. The van der Waals surface area contributed by atoms with Gasteiger partial charge in [-0.05, 0) is 44.2 Å². The predicted octanol–water partition coefficient (Wildman–Crippen LogP) is 2.74. The Balaban J connectivity index is 1.56. The number of aromatic nitrogens is 1. The number of halogens is 3. The summed E-state index contributed by atoms with van der Waals surface area (Å²) in [6.07, 6.45) is 1.05. The number of carbonyl (C=O) groups is 1. The molecule has 2 atom stereocenters. The van der Waals surface area contributed by atoms with Crippen LogP contribution in [0.4, 0.5) is 19.0 Å². The normalized spacial score (nSPS) is 33.7. The zero-order chi connectivity index (χ0) is 16.2. The SMILES string of the molecule is O=C1N(c2ccc(C(F)(F)F)cn2)CCC12CC1CCC(C2)N1. The molecule has 1 aromatic rings. The largest absolute Gasteiger partial charge is 0.417 e. The van der Waals surface area contributed by atoms with Crippen LogP contribution < -0.4 is 10.2 Å². The molecule has 3 aliphatic heterocycles. The van der Waals surface area contributed by atoms with Crippen molar-refractivity contribution in [3.63, 3.8) is 0 Å². The van der Waals surface area contributed by atoms with E-state index in [1.807, 2.05) is 0 Å². The first-order valence-electron chi connectivity index (χ1n) is 7.99. The predicted molar refractivity (Wildman–Crippen MR) is 77.8 cm³/mol. The number of pyridine rings is 1. The third-order valence-corrected chi connectivity index (χ3v) is 5.47. The molecule has 3 aliphatic rings. The van der Waals surface area contributed by atoms with Gasteiger partial charge in [-0.15, -0.1) is 0 Å². The quantitative estimate of drug-likeness (QED) is 0.863. The van der Waals surface area contributed by atoms with E-state index in [0.717, 1.165) is 44.4 Å². The van der Waals surface area contributed by atoms with E-state index in [9.17, 15) is 18.0 Å². The van der Waals surface area contributed by atoms with Crippen LogP contribution in [0.5, 0.6) is 0 Å². The monoisotopic (exact) mass is 325 g/mol. The minimum absolute atomic E-state index is 0.0307. The van der Waals surface area contributed by atoms with Crippen LogP contribution in [0.25, 0.3) is 0 Å². The standard InChI is InChI=1S/C16H18F3N3O/c17-16(18,19)10-1-4-13(20-9-10)22-6-5-15(14(22)23)7-11-2-3-12(8-15)21-11/h1,4,9,11-12,21H,2-3,5-8H2. The molecule has 4 rings (SSSR count). The summed E-state index contributed by atoms with van der Waals surface area (Å²) in [5, 5.41) is 3.53. The van der Waals surface area contributed by atoms with E-state index in [-0.39, 0.29) is 11.3 Å². The summed E-state index contributed by atoms with van der Waals surface area (Å²) >= 11 is 0. The number of hydrogen-bond donors (Lipinski definition) is 1. The second-order valence-corrected chi connectivity index (χ2v) is 6.94. The summed E-state index contributed by atoms with van der Waals surface area (Å²) in [4.78, 5) is 18.4. The Hall–Kier alpha value is -1.63. The van der Waals surface area contributed by atoms with Crippen molar-refractivity contribution < 1.29 is 18.0 Å². The first-order valence-corrected chi connectivity index (χ1v) is 7.99. The number of carbonyl (C=O) groups excluding carboxylic acids is 1. The van der Waals surface area contributed by atoms with E-state index in [1.54, 1.807) is 4.90 Å². The van der Waals surface area contributed by atoms with E-state index in [4.69, 9.17) is 0 Å². The molecule has 0 aromatic carbocycles. The number of hydrogen-bond acceptors (Lipinski definition) is 3. The molecule has 1 amide bonds. The molecular weight excluding hydrogens is 307 g/mol. The number of alkyl halides is 3. The summed E-state index contributed by atoms with van der Waals surface area (Å²) in [7, 11) is 0. The summed E-state index contributed by atoms with van der Waals surface area (Å²) in [5.74, 6) is 0.355. The smallest absolute Gasteiger partial charge is 0.311 e. The van der Waals surface area contributed by atoms with Gasteiger partial charge in [-0.3, -0.25) is 9.69 Å². The molecule has 0 radical (unpaired) electrons. The van der Waals surface area contributed by atoms with Gasteiger partial charge in [-0.25, -0.2) is 4.98 Å². The number of anilines is 1. The molecule has 4 nitrogen and oxygen atoms in total. The van der Waals surface area contributed by atoms with Crippen LogP contribution in [-0.4, -0.2) is 29.5 Å². The van der Waals surface area contributed by atoms with Crippen molar-refractivity contribution >= 4 is 11.7 Å². The Bertz CT molecular complexity index is 616. The molecule has 1 spiro atoms. The lowest BCUT2D eigenvalue weighted by atomic mass is 9.74. The van der Waals surface area contributed by atoms with Crippen LogP contribution in [0, 0.1) is 5.41 Å². The van der Waals surface area contributed by atoms with Crippen molar-refractivity contribution in [1.29, 1.82) is 0 Å². The lowest BCUT2D eigenvalue weighted by molar-refractivity contribution is -0.137. The van der Waals surface area contributed by atoms with Crippen LogP contribution in [0.2, 0.25) is 0 Å². The first kappa shape index (κ1) is 14.9. The van der Waals surface area contributed by atoms with Crippen LogP contribution >= 0.6 is 0 Å². The van der Waals surface area contributed by atoms with Crippen molar-refractivity contribution in [3.8, 4) is 0 Å². The van der Waals surface area contributed by atoms with Gasteiger partial charge in [0.1, 0.15) is 5.82 Å². The van der Waals surface area contributed by atoms with Gasteiger partial charge in [0, 0.05) is 24.8 Å². The van der Waals surface area contributed by atoms with E-state index < -0.39 is 11.7 Å². The van der Waals surface area contributed by atoms with Gasteiger partial charge in [-0.1, -0.05) is 0 Å². The molecule has 0 saturated carbocycles. The fraction of sp³-hybridized carbons (Fsp3) is 0.625.